The topological polar surface area (TPSA) is 0 Å². The molecule has 0 bridgehead atoms. The van der Waals surface area contributed by atoms with Gasteiger partial charge in [0.2, 0.25) is 0 Å². The molecule has 0 aliphatic heterocycles. The summed E-state index contributed by atoms with van der Waals surface area (Å²) >= 11 is 3.52. The minimum absolute atomic E-state index is 0.778. The van der Waals surface area contributed by atoms with Crippen molar-refractivity contribution in [3.8, 4) is 0 Å². The minimum Gasteiger partial charge on any atom is -0.0664 e. The Morgan fingerprint density at radius 2 is 1.88 bits per heavy atom. The summed E-state index contributed by atoms with van der Waals surface area (Å²) in [6.07, 6.45) is 0. The largest absolute Gasteiger partial charge is 0.0664 e. The van der Waals surface area contributed by atoms with Crippen LogP contribution in [-0.4, -0.2) is 10.2 Å². The number of allylic oxidation sites excluding steroid dienone is 2. The molecule has 0 aromatic heterocycles. The SMILES string of the molecule is CC(C)=C(Br)C(C)[SiH3]. The highest BCUT2D eigenvalue weighted by atomic mass is 79.9. The zero-order valence-corrected chi connectivity index (χ0v) is 9.54. The Labute approximate surface area is 62.9 Å². The van der Waals surface area contributed by atoms with Crippen molar-refractivity contribution in [3.63, 3.8) is 0 Å². The summed E-state index contributed by atoms with van der Waals surface area (Å²) in [6.45, 7) is 6.51. The molecule has 0 aromatic rings. The fraction of sp³-hybridized carbons (Fsp3) is 0.667. The normalized spacial score (nSPS) is 13.5. The Morgan fingerprint density at radius 3 is 1.88 bits per heavy atom. The van der Waals surface area contributed by atoms with Crippen molar-refractivity contribution in [1.29, 1.82) is 0 Å². The first-order chi connectivity index (χ1) is 3.55. The summed E-state index contributed by atoms with van der Waals surface area (Å²) in [5, 5.41) is 0. The first-order valence-electron chi connectivity index (χ1n) is 2.88. The second-order valence-electron chi connectivity index (χ2n) is 2.50. The molecule has 0 amide bonds. The van der Waals surface area contributed by atoms with E-state index in [2.05, 4.69) is 36.7 Å². The average molecular weight is 193 g/mol. The third-order valence-electron chi connectivity index (χ3n) is 0.985. The molecular formula is C6H13BrSi. The zero-order valence-electron chi connectivity index (χ0n) is 5.96. The van der Waals surface area contributed by atoms with E-state index >= 15 is 0 Å². The van der Waals surface area contributed by atoms with Crippen molar-refractivity contribution in [1.82, 2.24) is 0 Å². The Kier molecular flexibility index (Phi) is 3.65. The Morgan fingerprint density at radius 1 is 1.50 bits per heavy atom. The van der Waals surface area contributed by atoms with Crippen LogP contribution in [-0.2, 0) is 0 Å². The van der Waals surface area contributed by atoms with E-state index in [0.717, 1.165) is 5.54 Å². The maximum Gasteiger partial charge on any atom is 0.0126 e. The van der Waals surface area contributed by atoms with Gasteiger partial charge in [0.25, 0.3) is 0 Å². The van der Waals surface area contributed by atoms with Gasteiger partial charge in [-0.05, 0) is 23.9 Å². The molecule has 0 heterocycles. The van der Waals surface area contributed by atoms with Crippen molar-refractivity contribution in [2.45, 2.75) is 26.3 Å². The molecule has 1 atom stereocenters. The average Bonchev–Trinajstić information content (AvgIpc) is 1.64. The second-order valence-corrected chi connectivity index (χ2v) is 5.09. The molecule has 0 fully saturated rings. The molecule has 48 valence electrons. The van der Waals surface area contributed by atoms with E-state index in [1.165, 1.54) is 20.3 Å². The lowest BCUT2D eigenvalue weighted by atomic mass is 10.3. The molecule has 0 rings (SSSR count). The van der Waals surface area contributed by atoms with E-state index in [9.17, 15) is 0 Å². The summed E-state index contributed by atoms with van der Waals surface area (Å²) in [5.74, 6) is 0. The van der Waals surface area contributed by atoms with Crippen LogP contribution in [0.3, 0.4) is 0 Å². The van der Waals surface area contributed by atoms with Crippen LogP contribution in [0, 0.1) is 0 Å². The van der Waals surface area contributed by atoms with Gasteiger partial charge in [0.1, 0.15) is 0 Å². The van der Waals surface area contributed by atoms with Gasteiger partial charge >= 0.3 is 0 Å². The second kappa shape index (κ2) is 3.46. The van der Waals surface area contributed by atoms with Crippen LogP contribution in [0.4, 0.5) is 0 Å². The van der Waals surface area contributed by atoms with Crippen molar-refractivity contribution in [2.24, 2.45) is 0 Å². The van der Waals surface area contributed by atoms with Gasteiger partial charge in [-0.1, -0.05) is 28.4 Å². The standard InChI is InChI=1S/C6H13BrSi/c1-4(2)6(7)5(3)8/h5H,1-3,8H3. The predicted octanol–water partition coefficient (Wildman–Crippen LogP) is 1.85. The molecule has 1 unspecified atom stereocenters. The third kappa shape index (κ3) is 2.67. The van der Waals surface area contributed by atoms with Gasteiger partial charge in [0.05, 0.1) is 0 Å². The first kappa shape index (κ1) is 8.44. The van der Waals surface area contributed by atoms with Crippen LogP contribution in [0.2, 0.25) is 5.54 Å². The Bertz CT molecular complexity index is 101. The van der Waals surface area contributed by atoms with Crippen molar-refractivity contribution < 1.29 is 0 Å². The lowest BCUT2D eigenvalue weighted by Gasteiger charge is -2.03. The van der Waals surface area contributed by atoms with E-state index in [1.807, 2.05) is 0 Å². The molecule has 0 aliphatic rings. The molecule has 8 heavy (non-hydrogen) atoms. The van der Waals surface area contributed by atoms with Crippen molar-refractivity contribution in [3.05, 3.63) is 10.1 Å². The van der Waals surface area contributed by atoms with Gasteiger partial charge in [-0.3, -0.25) is 0 Å². The molecule has 0 aromatic carbocycles. The maximum absolute atomic E-state index is 3.52. The van der Waals surface area contributed by atoms with E-state index in [4.69, 9.17) is 0 Å². The van der Waals surface area contributed by atoms with Gasteiger partial charge in [0, 0.05) is 10.2 Å². The molecule has 2 heteroatoms. The highest BCUT2D eigenvalue weighted by molar-refractivity contribution is 9.11. The summed E-state index contributed by atoms with van der Waals surface area (Å²) in [7, 11) is 1.25. The molecule has 0 radical (unpaired) electrons. The number of hydrogen-bond donors (Lipinski definition) is 0. The number of halogens is 1. The van der Waals surface area contributed by atoms with Crippen molar-refractivity contribution >= 4 is 26.2 Å². The lowest BCUT2D eigenvalue weighted by Crippen LogP contribution is -1.85. The molecule has 0 spiro atoms. The zero-order chi connectivity index (χ0) is 6.73. The molecular weight excluding hydrogens is 180 g/mol. The summed E-state index contributed by atoms with van der Waals surface area (Å²) in [6, 6.07) is 0. The highest BCUT2D eigenvalue weighted by Crippen LogP contribution is 2.22. The van der Waals surface area contributed by atoms with E-state index in [-0.39, 0.29) is 0 Å². The van der Waals surface area contributed by atoms with Gasteiger partial charge in [-0.15, -0.1) is 0 Å². The molecule has 0 saturated carbocycles. The van der Waals surface area contributed by atoms with Crippen LogP contribution in [0.5, 0.6) is 0 Å². The van der Waals surface area contributed by atoms with Crippen LogP contribution in [0.1, 0.15) is 20.8 Å². The number of hydrogen-bond acceptors (Lipinski definition) is 0. The Hall–Kier alpha value is 0.437. The fourth-order valence-corrected chi connectivity index (χ4v) is 1.15. The summed E-state index contributed by atoms with van der Waals surface area (Å²) in [4.78, 5) is 0. The van der Waals surface area contributed by atoms with Gasteiger partial charge in [0.15, 0.2) is 0 Å². The number of rotatable bonds is 1. The monoisotopic (exact) mass is 192 g/mol. The van der Waals surface area contributed by atoms with E-state index < -0.39 is 0 Å². The molecule has 0 nitrogen and oxygen atoms in total. The van der Waals surface area contributed by atoms with Crippen LogP contribution in [0.25, 0.3) is 0 Å². The lowest BCUT2D eigenvalue weighted by molar-refractivity contribution is 1.15. The quantitative estimate of drug-likeness (QED) is 0.557. The van der Waals surface area contributed by atoms with E-state index in [0.29, 0.717) is 0 Å². The summed E-state index contributed by atoms with van der Waals surface area (Å²) in [5.41, 5.74) is 2.19. The minimum atomic E-state index is 0.778. The molecule has 0 aliphatic carbocycles. The van der Waals surface area contributed by atoms with Crippen molar-refractivity contribution in [2.75, 3.05) is 0 Å². The Balaban J connectivity index is 4.00. The third-order valence-corrected chi connectivity index (χ3v) is 4.12. The van der Waals surface area contributed by atoms with Crippen LogP contribution in [0.15, 0.2) is 10.1 Å². The molecule has 0 N–H and O–H groups in total. The smallest absolute Gasteiger partial charge is 0.0126 e. The van der Waals surface area contributed by atoms with Crippen LogP contribution >= 0.6 is 15.9 Å². The van der Waals surface area contributed by atoms with Gasteiger partial charge in [-0.2, -0.15) is 0 Å². The highest BCUT2D eigenvalue weighted by Gasteiger charge is 1.97. The molecule has 0 saturated heterocycles. The summed E-state index contributed by atoms with van der Waals surface area (Å²) < 4.78 is 1.39. The van der Waals surface area contributed by atoms with Crippen LogP contribution < -0.4 is 0 Å². The van der Waals surface area contributed by atoms with E-state index in [1.54, 1.807) is 0 Å². The maximum atomic E-state index is 3.52. The van der Waals surface area contributed by atoms with Gasteiger partial charge in [-0.25, -0.2) is 0 Å². The fourth-order valence-electron chi connectivity index (χ4n) is 0.577. The first-order valence-corrected chi connectivity index (χ1v) is 4.83. The predicted molar refractivity (Wildman–Crippen MR) is 46.7 cm³/mol. The van der Waals surface area contributed by atoms with Gasteiger partial charge < -0.3 is 0 Å².